The highest BCUT2D eigenvalue weighted by atomic mass is 32.1. The first kappa shape index (κ1) is 15.4. The predicted octanol–water partition coefficient (Wildman–Crippen LogP) is 0.0725. The summed E-state index contributed by atoms with van der Waals surface area (Å²) in [5, 5.41) is 18.6. The maximum atomic E-state index is 11.1. The lowest BCUT2D eigenvalue weighted by molar-refractivity contribution is -0.119. The Morgan fingerprint density at radius 1 is 1.37 bits per heavy atom. The van der Waals surface area contributed by atoms with Crippen molar-refractivity contribution < 1.29 is 4.79 Å². The van der Waals surface area contributed by atoms with Crippen molar-refractivity contribution in [3.8, 4) is 0 Å². The van der Waals surface area contributed by atoms with Crippen LogP contribution in [-0.4, -0.2) is 42.7 Å². The Hall–Kier alpha value is -1.70. The first-order chi connectivity index (χ1) is 9.06. The van der Waals surface area contributed by atoms with Gasteiger partial charge in [-0.25, -0.2) is 0 Å². The Balaban J connectivity index is 2.42. The lowest BCUT2D eigenvalue weighted by Gasteiger charge is -2.09. The van der Waals surface area contributed by atoms with Crippen LogP contribution in [0.3, 0.4) is 0 Å². The minimum atomic E-state index is -0.0963. The Bertz CT molecular complexity index is 442. The van der Waals surface area contributed by atoms with Gasteiger partial charge in [0, 0.05) is 20.0 Å². The summed E-state index contributed by atoms with van der Waals surface area (Å²) in [4.78, 5) is 15.1. The monoisotopic (exact) mass is 284 g/mol. The smallest absolute Gasteiger partial charge is 0.239 e. The highest BCUT2D eigenvalue weighted by Crippen LogP contribution is 2.18. The molecule has 1 amide bonds. The van der Waals surface area contributed by atoms with Crippen LogP contribution in [0.4, 0.5) is 0 Å². The molecule has 0 aliphatic rings. The Kier molecular flexibility index (Phi) is 6.20. The van der Waals surface area contributed by atoms with Gasteiger partial charge in [-0.1, -0.05) is 25.2 Å². The number of nitrogens with one attached hydrogen (secondary N) is 3. The fourth-order valence-corrected chi connectivity index (χ4v) is 1.99. The summed E-state index contributed by atoms with van der Waals surface area (Å²) in [6.07, 6.45) is 0. The van der Waals surface area contributed by atoms with Crippen LogP contribution >= 0.6 is 11.3 Å². The number of aromatic nitrogens is 2. The minimum absolute atomic E-state index is 0.0963. The molecular weight excluding hydrogens is 264 g/mol. The number of rotatable bonds is 5. The maximum absolute atomic E-state index is 11.1. The van der Waals surface area contributed by atoms with Gasteiger partial charge in [-0.05, 0) is 0 Å². The van der Waals surface area contributed by atoms with Crippen molar-refractivity contribution in [3.05, 3.63) is 10.0 Å². The third-order valence-electron chi connectivity index (χ3n) is 2.30. The summed E-state index contributed by atoms with van der Waals surface area (Å²) < 4.78 is 0. The summed E-state index contributed by atoms with van der Waals surface area (Å²) in [5.41, 5.74) is 0. The second-order valence-electron chi connectivity index (χ2n) is 4.14. The van der Waals surface area contributed by atoms with Gasteiger partial charge in [-0.3, -0.25) is 9.79 Å². The van der Waals surface area contributed by atoms with Gasteiger partial charge in [0.25, 0.3) is 0 Å². The van der Waals surface area contributed by atoms with Crippen molar-refractivity contribution in [2.45, 2.75) is 26.3 Å². The van der Waals surface area contributed by atoms with Crippen molar-refractivity contribution in [1.29, 1.82) is 0 Å². The molecule has 0 radical (unpaired) electrons. The Morgan fingerprint density at radius 2 is 2.11 bits per heavy atom. The number of guanidine groups is 1. The van der Waals surface area contributed by atoms with E-state index in [2.05, 4.69) is 45.0 Å². The summed E-state index contributed by atoms with van der Waals surface area (Å²) in [7, 11) is 3.24. The molecule has 0 aliphatic heterocycles. The van der Waals surface area contributed by atoms with Crippen molar-refractivity contribution in [3.63, 3.8) is 0 Å². The summed E-state index contributed by atoms with van der Waals surface area (Å²) in [5.74, 6) is 0.850. The number of carbonyl (C=O) groups is 1. The molecule has 19 heavy (non-hydrogen) atoms. The van der Waals surface area contributed by atoms with E-state index >= 15 is 0 Å². The fraction of sp³-hybridized carbons (Fsp3) is 0.636. The van der Waals surface area contributed by atoms with E-state index in [1.54, 1.807) is 25.4 Å². The van der Waals surface area contributed by atoms with Crippen LogP contribution in [0.1, 0.15) is 29.8 Å². The average molecular weight is 284 g/mol. The molecule has 1 heterocycles. The quantitative estimate of drug-likeness (QED) is 0.526. The van der Waals surface area contributed by atoms with Crippen molar-refractivity contribution in [2.24, 2.45) is 4.99 Å². The van der Waals surface area contributed by atoms with E-state index in [4.69, 9.17) is 0 Å². The molecule has 0 aliphatic carbocycles. The van der Waals surface area contributed by atoms with Gasteiger partial charge in [0.15, 0.2) is 5.96 Å². The third-order valence-corrected chi connectivity index (χ3v) is 3.53. The highest BCUT2D eigenvalue weighted by molar-refractivity contribution is 7.11. The molecule has 3 N–H and O–H groups in total. The van der Waals surface area contributed by atoms with Crippen LogP contribution in [0, 0.1) is 0 Å². The maximum Gasteiger partial charge on any atom is 0.239 e. The van der Waals surface area contributed by atoms with Crippen LogP contribution in [0.25, 0.3) is 0 Å². The van der Waals surface area contributed by atoms with Gasteiger partial charge in [0.2, 0.25) is 5.91 Å². The van der Waals surface area contributed by atoms with Gasteiger partial charge in [-0.15, -0.1) is 10.2 Å². The summed E-state index contributed by atoms with van der Waals surface area (Å²) >= 11 is 1.58. The molecule has 0 aromatic carbocycles. The molecule has 0 spiro atoms. The van der Waals surface area contributed by atoms with E-state index in [0.29, 0.717) is 18.4 Å². The van der Waals surface area contributed by atoms with Crippen LogP contribution in [-0.2, 0) is 11.3 Å². The molecule has 1 aromatic rings. The second kappa shape index (κ2) is 7.67. The molecule has 0 bridgehead atoms. The summed E-state index contributed by atoms with van der Waals surface area (Å²) in [6.45, 7) is 4.89. The minimum Gasteiger partial charge on any atom is -0.358 e. The SMILES string of the molecule is CN=C(NCC(=O)NC)NCc1nnc(C(C)C)s1. The third kappa shape index (κ3) is 5.21. The van der Waals surface area contributed by atoms with E-state index in [1.807, 2.05) is 0 Å². The van der Waals surface area contributed by atoms with E-state index in [1.165, 1.54) is 0 Å². The first-order valence-corrected chi connectivity index (χ1v) is 6.85. The molecule has 0 atom stereocenters. The number of aliphatic imine (C=N–C) groups is 1. The molecule has 1 rings (SSSR count). The predicted molar refractivity (Wildman–Crippen MR) is 76.3 cm³/mol. The molecule has 106 valence electrons. The second-order valence-corrected chi connectivity index (χ2v) is 5.23. The first-order valence-electron chi connectivity index (χ1n) is 6.04. The number of hydrogen-bond donors (Lipinski definition) is 3. The van der Waals surface area contributed by atoms with Gasteiger partial charge in [0.05, 0.1) is 13.1 Å². The summed E-state index contributed by atoms with van der Waals surface area (Å²) in [6, 6.07) is 0. The standard InChI is InChI=1S/C11H20N6OS/c1-7(2)10-17-16-9(19-10)6-15-11(13-4)14-5-8(18)12-3/h7H,5-6H2,1-4H3,(H,12,18)(H2,13,14,15). The van der Waals surface area contributed by atoms with Gasteiger partial charge in [0.1, 0.15) is 10.0 Å². The normalized spacial score (nSPS) is 11.5. The van der Waals surface area contributed by atoms with Crippen LogP contribution in [0.2, 0.25) is 0 Å². The number of nitrogens with zero attached hydrogens (tertiary/aromatic N) is 3. The Labute approximate surface area is 116 Å². The van der Waals surface area contributed by atoms with Crippen LogP contribution < -0.4 is 16.0 Å². The average Bonchev–Trinajstić information content (AvgIpc) is 2.87. The molecule has 0 saturated carbocycles. The molecule has 7 nitrogen and oxygen atoms in total. The van der Waals surface area contributed by atoms with Crippen LogP contribution in [0.5, 0.6) is 0 Å². The molecule has 0 fully saturated rings. The fourth-order valence-electron chi connectivity index (χ4n) is 1.20. The number of likely N-dealkylation sites (N-methyl/N-ethyl adjacent to an activating group) is 1. The van der Waals surface area contributed by atoms with E-state index in [9.17, 15) is 4.79 Å². The van der Waals surface area contributed by atoms with Crippen LogP contribution in [0.15, 0.2) is 4.99 Å². The van der Waals surface area contributed by atoms with Crippen molar-refractivity contribution in [1.82, 2.24) is 26.1 Å². The number of amides is 1. The van der Waals surface area contributed by atoms with Crippen molar-refractivity contribution in [2.75, 3.05) is 20.6 Å². The zero-order valence-corrected chi connectivity index (χ0v) is 12.5. The zero-order valence-electron chi connectivity index (χ0n) is 11.6. The lowest BCUT2D eigenvalue weighted by Crippen LogP contribution is -2.42. The number of hydrogen-bond acceptors (Lipinski definition) is 5. The molecule has 0 unspecified atom stereocenters. The topological polar surface area (TPSA) is 91.3 Å². The van der Waals surface area contributed by atoms with Gasteiger partial charge >= 0.3 is 0 Å². The number of carbonyl (C=O) groups excluding carboxylic acids is 1. The molecule has 0 saturated heterocycles. The zero-order chi connectivity index (χ0) is 14.3. The Morgan fingerprint density at radius 3 is 2.63 bits per heavy atom. The van der Waals surface area contributed by atoms with E-state index in [0.717, 1.165) is 10.0 Å². The highest BCUT2D eigenvalue weighted by Gasteiger charge is 2.08. The van der Waals surface area contributed by atoms with E-state index in [-0.39, 0.29) is 12.5 Å². The van der Waals surface area contributed by atoms with Gasteiger partial charge in [-0.2, -0.15) is 0 Å². The largest absolute Gasteiger partial charge is 0.358 e. The molecular formula is C11H20N6OS. The lowest BCUT2D eigenvalue weighted by atomic mass is 10.2. The van der Waals surface area contributed by atoms with Gasteiger partial charge < -0.3 is 16.0 Å². The van der Waals surface area contributed by atoms with Crippen molar-refractivity contribution >= 4 is 23.2 Å². The molecule has 8 heteroatoms. The van der Waals surface area contributed by atoms with E-state index < -0.39 is 0 Å². The molecule has 1 aromatic heterocycles.